The minimum Gasteiger partial charge on any atom is -0.495 e. The van der Waals surface area contributed by atoms with Gasteiger partial charge in [-0.3, -0.25) is 4.79 Å². The zero-order valence-electron chi connectivity index (χ0n) is 37.6. The van der Waals surface area contributed by atoms with Crippen molar-refractivity contribution in [2.24, 2.45) is 5.41 Å². The minimum atomic E-state index is -1.85. The average molecular weight is 969 g/mol. The molecule has 0 bridgehead atoms. The van der Waals surface area contributed by atoms with E-state index in [2.05, 4.69) is 16.7 Å². The molecule has 4 rings (SSSR count). The molecule has 0 radical (unpaired) electrons. The molecule has 0 aliphatic carbocycles. The number of amides is 1. The molecular formula is C46H57Cl2F2N3O13. The van der Waals surface area contributed by atoms with E-state index in [1.807, 2.05) is 20.8 Å². The van der Waals surface area contributed by atoms with E-state index in [-0.39, 0.29) is 64.4 Å². The number of benzene rings is 3. The lowest BCUT2D eigenvalue weighted by atomic mass is 9.62. The molecule has 0 unspecified atom stereocenters. The van der Waals surface area contributed by atoms with Crippen LogP contribution in [0.4, 0.5) is 19.3 Å². The van der Waals surface area contributed by atoms with Gasteiger partial charge in [0, 0.05) is 29.7 Å². The molecule has 20 heteroatoms. The molecule has 0 spiro atoms. The van der Waals surface area contributed by atoms with E-state index in [4.69, 9.17) is 70.6 Å². The molecule has 2 N–H and O–H groups in total. The Bertz CT molecular complexity index is 2090. The third kappa shape index (κ3) is 15.7. The topological polar surface area (TPSA) is 191 Å². The van der Waals surface area contributed by atoms with Crippen molar-refractivity contribution in [3.8, 4) is 11.8 Å². The largest absolute Gasteiger partial charge is 0.511 e. The zero-order valence-corrected chi connectivity index (χ0v) is 39.1. The van der Waals surface area contributed by atoms with Crippen LogP contribution in [0.3, 0.4) is 0 Å². The van der Waals surface area contributed by atoms with Gasteiger partial charge in [0.05, 0.1) is 108 Å². The molecule has 0 aromatic heterocycles. The molecule has 1 heterocycles. The number of nitrogens with one attached hydrogen (secondary N) is 2. The van der Waals surface area contributed by atoms with Gasteiger partial charge in [-0.15, -0.1) is 0 Å². The second-order valence-corrected chi connectivity index (χ2v) is 16.8. The number of carbonyl (C=O) groups is 3. The van der Waals surface area contributed by atoms with Crippen molar-refractivity contribution in [2.75, 3.05) is 106 Å². The molecule has 362 valence electrons. The first-order chi connectivity index (χ1) is 31.7. The number of methoxy groups -OCH3 is 2. The summed E-state index contributed by atoms with van der Waals surface area (Å²) in [5.41, 5.74) is -2.39. The van der Waals surface area contributed by atoms with Crippen LogP contribution in [-0.4, -0.2) is 130 Å². The van der Waals surface area contributed by atoms with Crippen LogP contribution in [0.1, 0.15) is 54.6 Å². The minimum absolute atomic E-state index is 0.0272. The van der Waals surface area contributed by atoms with Gasteiger partial charge in [-0.2, -0.15) is 5.26 Å². The fraction of sp³-hybridized carbons (Fsp3) is 0.522. The highest BCUT2D eigenvalue weighted by molar-refractivity contribution is 6.31. The van der Waals surface area contributed by atoms with Gasteiger partial charge in [0.2, 0.25) is 12.7 Å². The van der Waals surface area contributed by atoms with Crippen molar-refractivity contribution in [1.29, 1.82) is 5.26 Å². The molecule has 1 amide bonds. The third-order valence-electron chi connectivity index (χ3n) is 10.2. The van der Waals surface area contributed by atoms with E-state index in [1.165, 1.54) is 55.6 Å². The first-order valence-electron chi connectivity index (χ1n) is 21.1. The third-order valence-corrected chi connectivity index (χ3v) is 10.7. The van der Waals surface area contributed by atoms with Crippen LogP contribution in [0.15, 0.2) is 54.6 Å². The van der Waals surface area contributed by atoms with Gasteiger partial charge in [-0.25, -0.2) is 18.4 Å². The Balaban J connectivity index is 1.28. The van der Waals surface area contributed by atoms with E-state index in [1.54, 1.807) is 7.11 Å². The number of anilines is 1. The van der Waals surface area contributed by atoms with E-state index in [0.29, 0.717) is 59.5 Å². The fourth-order valence-electron chi connectivity index (χ4n) is 7.25. The number of hydrogen-bond acceptors (Lipinski definition) is 15. The number of esters is 1. The lowest BCUT2D eigenvalue weighted by Gasteiger charge is -2.37. The molecule has 3 aromatic carbocycles. The predicted octanol–water partition coefficient (Wildman–Crippen LogP) is 7.24. The quantitative estimate of drug-likeness (QED) is 0.0441. The molecule has 66 heavy (non-hydrogen) atoms. The van der Waals surface area contributed by atoms with Crippen LogP contribution in [0.25, 0.3) is 0 Å². The van der Waals surface area contributed by atoms with Crippen molar-refractivity contribution in [2.45, 2.75) is 50.6 Å². The zero-order chi connectivity index (χ0) is 48.1. The van der Waals surface area contributed by atoms with E-state index in [0.717, 1.165) is 6.07 Å². The molecule has 1 aliphatic rings. The lowest BCUT2D eigenvalue weighted by Crippen LogP contribution is -2.45. The maximum Gasteiger partial charge on any atom is 0.511 e. The van der Waals surface area contributed by atoms with Gasteiger partial charge < -0.3 is 58.0 Å². The van der Waals surface area contributed by atoms with Crippen molar-refractivity contribution >= 4 is 46.9 Å². The second-order valence-electron chi connectivity index (χ2n) is 15.9. The molecule has 1 saturated heterocycles. The highest BCUT2D eigenvalue weighted by Gasteiger charge is 2.61. The number of nitrogens with zero attached hydrogens (tertiary/aromatic N) is 1. The summed E-state index contributed by atoms with van der Waals surface area (Å²) in [7, 11) is 2.91. The number of carbonyl (C=O) groups excluding carboxylic acids is 3. The predicted molar refractivity (Wildman–Crippen MR) is 238 cm³/mol. The van der Waals surface area contributed by atoms with Crippen molar-refractivity contribution in [3.63, 3.8) is 0 Å². The Morgan fingerprint density at radius 1 is 0.788 bits per heavy atom. The van der Waals surface area contributed by atoms with E-state index >= 15 is 8.78 Å². The smallest absolute Gasteiger partial charge is 0.495 e. The van der Waals surface area contributed by atoms with Gasteiger partial charge in [0.1, 0.15) is 29.4 Å². The summed E-state index contributed by atoms with van der Waals surface area (Å²) in [6, 6.07) is 12.2. The molecule has 0 saturated carbocycles. The molecule has 3 aromatic rings. The lowest BCUT2D eigenvalue weighted by molar-refractivity contribution is -0.118. The highest BCUT2D eigenvalue weighted by Crippen LogP contribution is 2.53. The van der Waals surface area contributed by atoms with Gasteiger partial charge in [0.15, 0.2) is 0 Å². The summed E-state index contributed by atoms with van der Waals surface area (Å²) in [5, 5.41) is 17.0. The number of hydrogen-bond donors (Lipinski definition) is 2. The number of nitriles is 1. The molecular weight excluding hydrogens is 911 g/mol. The Labute approximate surface area is 393 Å². The number of halogens is 4. The standard InChI is InChI=1S/C46H57Cl2F2N3O13/c1-45(2,3)27-38-46(28-51,33-11-10-31(47)26-35(33)49)39(32-7-6-8-34(48)40(32)50)41(53-38)42(54)52-36-12-9-30(25-37(36)58-5)43(55)65-29-66-44(56)64-24-23-63-22-21-62-20-19-61-18-17-60-16-15-59-14-13-57-4/h6-12,25-26,38-39,41,53H,13-24,27,29H2,1-5H3,(H,52,54)/t38-,39-,41+,46-/m0/s1. The second kappa shape index (κ2) is 27.2. The molecule has 1 fully saturated rings. The molecule has 16 nitrogen and oxygen atoms in total. The van der Waals surface area contributed by atoms with Gasteiger partial charge in [0.25, 0.3) is 0 Å². The molecule has 4 atom stereocenters. The average Bonchev–Trinajstić information content (AvgIpc) is 3.59. The summed E-state index contributed by atoms with van der Waals surface area (Å²) >= 11 is 12.4. The van der Waals surface area contributed by atoms with Crippen molar-refractivity contribution < 1.29 is 70.5 Å². The van der Waals surface area contributed by atoms with Crippen LogP contribution in [0, 0.1) is 28.4 Å². The van der Waals surface area contributed by atoms with Crippen molar-refractivity contribution in [3.05, 3.63) is 93.0 Å². The van der Waals surface area contributed by atoms with Crippen LogP contribution >= 0.6 is 23.2 Å². The van der Waals surface area contributed by atoms with Crippen molar-refractivity contribution in [1.82, 2.24) is 5.32 Å². The van der Waals surface area contributed by atoms with Crippen LogP contribution < -0.4 is 15.4 Å². The van der Waals surface area contributed by atoms with Crippen LogP contribution in [-0.2, 0) is 52.8 Å². The molecule has 1 aliphatic heterocycles. The maximum atomic E-state index is 16.1. The van der Waals surface area contributed by atoms with Gasteiger partial charge >= 0.3 is 12.1 Å². The summed E-state index contributed by atoms with van der Waals surface area (Å²) in [4.78, 5) is 39.3. The summed E-state index contributed by atoms with van der Waals surface area (Å²) in [6.07, 6.45) is -0.834. The summed E-state index contributed by atoms with van der Waals surface area (Å²) in [6.45, 7) is 9.14. The Hall–Kier alpha value is -4.68. The monoisotopic (exact) mass is 967 g/mol. The normalized spacial score (nSPS) is 18.1. The fourth-order valence-corrected chi connectivity index (χ4v) is 7.59. The first kappa shape index (κ1) is 53.9. The highest BCUT2D eigenvalue weighted by atomic mass is 35.5. The first-order valence-corrected chi connectivity index (χ1v) is 21.8. The Kier molecular flexibility index (Phi) is 22.2. The van der Waals surface area contributed by atoms with E-state index < -0.39 is 65.3 Å². The number of rotatable bonds is 27. The summed E-state index contributed by atoms with van der Waals surface area (Å²) < 4.78 is 84.1. The SMILES string of the molecule is COCCOCCOCCOCCOCCOCCOC(=O)OCOC(=O)c1ccc(NC(=O)[C@@H]2N[C@@H](CC(C)(C)C)[C@](C#N)(c3ccc(Cl)cc3F)[C@H]2c2cccc(Cl)c2F)c(OC)c1. The Morgan fingerprint density at radius 3 is 1.95 bits per heavy atom. The summed E-state index contributed by atoms with van der Waals surface area (Å²) in [5.74, 6) is -4.59. The Morgan fingerprint density at radius 2 is 1.39 bits per heavy atom. The maximum absolute atomic E-state index is 16.1. The van der Waals surface area contributed by atoms with E-state index in [9.17, 15) is 19.6 Å². The van der Waals surface area contributed by atoms with Crippen LogP contribution in [0.2, 0.25) is 10.0 Å². The van der Waals surface area contributed by atoms with Crippen LogP contribution in [0.5, 0.6) is 5.75 Å². The number of ether oxygens (including phenoxy) is 10. The van der Waals surface area contributed by atoms with Gasteiger partial charge in [-0.05, 0) is 53.8 Å². The van der Waals surface area contributed by atoms with Gasteiger partial charge in [-0.1, -0.05) is 62.2 Å².